The van der Waals surface area contributed by atoms with Crippen LogP contribution >= 0.6 is 0 Å². The van der Waals surface area contributed by atoms with E-state index in [9.17, 15) is 14.4 Å². The molecule has 0 radical (unpaired) electrons. The van der Waals surface area contributed by atoms with E-state index >= 15 is 0 Å². The van der Waals surface area contributed by atoms with Crippen LogP contribution in [0.2, 0.25) is 0 Å². The Bertz CT molecular complexity index is 790. The number of hydrogen-bond acceptors (Lipinski definition) is 7. The Morgan fingerprint density at radius 2 is 1.93 bits per heavy atom. The smallest absolute Gasteiger partial charge is 0.319 e. The topological polar surface area (TPSA) is 90.9 Å². The predicted molar refractivity (Wildman–Crippen MR) is 103 cm³/mol. The van der Waals surface area contributed by atoms with Crippen molar-refractivity contribution in [3.8, 4) is 5.75 Å². The first-order valence-corrected chi connectivity index (χ1v) is 9.27. The summed E-state index contributed by atoms with van der Waals surface area (Å²) in [6.45, 7) is 4.26. The lowest BCUT2D eigenvalue weighted by Gasteiger charge is -2.35. The highest BCUT2D eigenvalue weighted by molar-refractivity contribution is 5.88. The van der Waals surface area contributed by atoms with Crippen LogP contribution in [0.5, 0.6) is 5.75 Å². The monoisotopic (exact) mass is 387 g/mol. The van der Waals surface area contributed by atoms with Gasteiger partial charge in [0.1, 0.15) is 23.1 Å². The molecule has 1 aromatic rings. The molecule has 0 aliphatic heterocycles. The molecule has 1 fully saturated rings. The van der Waals surface area contributed by atoms with Crippen LogP contribution in [0.25, 0.3) is 0 Å². The molecular formula is C21H25NO6. The van der Waals surface area contributed by atoms with Crippen LogP contribution in [0.15, 0.2) is 35.6 Å². The number of rotatable bonds is 9. The maximum atomic E-state index is 13.0. The molecule has 0 bridgehead atoms. The molecule has 2 unspecified atom stereocenters. The van der Waals surface area contributed by atoms with E-state index in [1.165, 1.54) is 7.11 Å². The van der Waals surface area contributed by atoms with Crippen LogP contribution in [0.4, 0.5) is 5.69 Å². The minimum absolute atomic E-state index is 0.114. The van der Waals surface area contributed by atoms with E-state index in [0.717, 1.165) is 0 Å². The van der Waals surface area contributed by atoms with Gasteiger partial charge in [-0.2, -0.15) is 0 Å². The summed E-state index contributed by atoms with van der Waals surface area (Å²) < 4.78 is 15.9. The first-order chi connectivity index (χ1) is 13.6. The van der Waals surface area contributed by atoms with Crippen molar-refractivity contribution in [1.29, 1.82) is 0 Å². The highest BCUT2D eigenvalue weighted by Gasteiger charge is 2.56. The Balaban J connectivity index is 2.52. The SMILES string of the molecule is CCOC(=O)C1(C(Nc2ccc(OCC)cc2)C(=C=O)OC)CCCC1=C=O. The first kappa shape index (κ1) is 21.3. The zero-order valence-corrected chi connectivity index (χ0v) is 16.4. The minimum Gasteiger partial charge on any atom is -0.494 e. The highest BCUT2D eigenvalue weighted by atomic mass is 16.5. The van der Waals surface area contributed by atoms with Gasteiger partial charge in [-0.25, -0.2) is 9.59 Å². The summed E-state index contributed by atoms with van der Waals surface area (Å²) in [4.78, 5) is 36.2. The number of esters is 1. The van der Waals surface area contributed by atoms with E-state index in [1.54, 1.807) is 37.1 Å². The third kappa shape index (κ3) is 4.11. The molecule has 1 N–H and O–H groups in total. The maximum Gasteiger partial charge on any atom is 0.319 e. The lowest BCUT2D eigenvalue weighted by molar-refractivity contribution is -0.153. The van der Waals surface area contributed by atoms with Crippen molar-refractivity contribution in [2.24, 2.45) is 5.41 Å². The third-order valence-electron chi connectivity index (χ3n) is 4.85. The van der Waals surface area contributed by atoms with Crippen molar-refractivity contribution in [3.63, 3.8) is 0 Å². The summed E-state index contributed by atoms with van der Waals surface area (Å²) in [6, 6.07) is 6.10. The van der Waals surface area contributed by atoms with Gasteiger partial charge < -0.3 is 19.5 Å². The highest BCUT2D eigenvalue weighted by Crippen LogP contribution is 2.48. The lowest BCUT2D eigenvalue weighted by atomic mass is 9.74. The molecule has 2 rings (SSSR count). The van der Waals surface area contributed by atoms with Crippen molar-refractivity contribution < 1.29 is 28.6 Å². The second-order valence-electron chi connectivity index (χ2n) is 6.33. The molecule has 1 saturated carbocycles. The van der Waals surface area contributed by atoms with E-state index < -0.39 is 17.4 Å². The van der Waals surface area contributed by atoms with Gasteiger partial charge in [0.15, 0.2) is 5.94 Å². The number of carbonyl (C=O) groups is 1. The van der Waals surface area contributed by atoms with Crippen LogP contribution in [-0.2, 0) is 23.9 Å². The average Bonchev–Trinajstić information content (AvgIpc) is 3.14. The van der Waals surface area contributed by atoms with Gasteiger partial charge in [0, 0.05) is 11.3 Å². The summed E-state index contributed by atoms with van der Waals surface area (Å²) in [7, 11) is 1.32. The number of ether oxygens (including phenoxy) is 3. The Hall–Kier alpha value is -3.01. The quantitative estimate of drug-likeness (QED) is 0.396. The first-order valence-electron chi connectivity index (χ1n) is 9.27. The average molecular weight is 387 g/mol. The zero-order valence-electron chi connectivity index (χ0n) is 16.4. The van der Waals surface area contributed by atoms with Gasteiger partial charge in [-0.15, -0.1) is 0 Å². The van der Waals surface area contributed by atoms with E-state index in [1.807, 2.05) is 12.9 Å². The molecular weight excluding hydrogens is 362 g/mol. The van der Waals surface area contributed by atoms with Crippen LogP contribution in [-0.4, -0.2) is 44.2 Å². The fourth-order valence-corrected chi connectivity index (χ4v) is 3.59. The largest absolute Gasteiger partial charge is 0.494 e. The third-order valence-corrected chi connectivity index (χ3v) is 4.85. The summed E-state index contributed by atoms with van der Waals surface area (Å²) >= 11 is 0. The fraction of sp³-hybridized carbons (Fsp3) is 0.476. The number of hydrogen-bond donors (Lipinski definition) is 1. The molecule has 2 atom stereocenters. The zero-order chi connectivity index (χ0) is 20.6. The van der Waals surface area contributed by atoms with Crippen LogP contribution in [0.3, 0.4) is 0 Å². The molecule has 0 spiro atoms. The molecule has 7 heteroatoms. The summed E-state index contributed by atoms with van der Waals surface area (Å²) in [5, 5.41) is 3.16. The minimum atomic E-state index is -1.38. The molecule has 0 heterocycles. The van der Waals surface area contributed by atoms with Gasteiger partial charge in [-0.05, 0) is 57.4 Å². The normalized spacial score (nSPS) is 19.2. The summed E-state index contributed by atoms with van der Waals surface area (Å²) in [6.07, 6.45) is 1.33. The molecule has 1 aliphatic carbocycles. The second kappa shape index (κ2) is 9.79. The number of carbonyl (C=O) groups excluding carboxylic acids is 3. The van der Waals surface area contributed by atoms with E-state index in [-0.39, 0.29) is 17.9 Å². The summed E-state index contributed by atoms with van der Waals surface area (Å²) in [5.74, 6) is 3.64. The molecule has 1 aliphatic rings. The van der Waals surface area contributed by atoms with E-state index in [2.05, 4.69) is 5.32 Å². The van der Waals surface area contributed by atoms with Crippen molar-refractivity contribution >= 4 is 23.5 Å². The molecule has 0 saturated heterocycles. The van der Waals surface area contributed by atoms with Crippen LogP contribution < -0.4 is 10.1 Å². The van der Waals surface area contributed by atoms with Crippen molar-refractivity contribution in [2.75, 3.05) is 25.6 Å². The van der Waals surface area contributed by atoms with Gasteiger partial charge in [0.25, 0.3) is 0 Å². The van der Waals surface area contributed by atoms with Crippen LogP contribution in [0.1, 0.15) is 33.1 Å². The van der Waals surface area contributed by atoms with Crippen molar-refractivity contribution in [1.82, 2.24) is 0 Å². The molecule has 0 amide bonds. The van der Waals surface area contributed by atoms with Crippen molar-refractivity contribution in [2.45, 2.75) is 39.2 Å². The number of anilines is 1. The van der Waals surface area contributed by atoms with Crippen molar-refractivity contribution in [3.05, 3.63) is 35.6 Å². The maximum absolute atomic E-state index is 13.0. The van der Waals surface area contributed by atoms with Gasteiger partial charge in [0.05, 0.1) is 20.3 Å². The Kier molecular flexibility index (Phi) is 7.44. The van der Waals surface area contributed by atoms with E-state index in [4.69, 9.17) is 14.2 Å². The lowest BCUT2D eigenvalue weighted by Crippen LogP contribution is -2.48. The fourth-order valence-electron chi connectivity index (χ4n) is 3.59. The molecule has 7 nitrogen and oxygen atoms in total. The Morgan fingerprint density at radius 1 is 1.21 bits per heavy atom. The van der Waals surface area contributed by atoms with Gasteiger partial charge >= 0.3 is 5.97 Å². The number of benzene rings is 1. The predicted octanol–water partition coefficient (Wildman–Crippen LogP) is 2.72. The molecule has 1 aromatic carbocycles. The van der Waals surface area contributed by atoms with Crippen LogP contribution in [0, 0.1) is 5.41 Å². The van der Waals surface area contributed by atoms with E-state index in [0.29, 0.717) is 37.3 Å². The molecule has 0 aromatic heterocycles. The Morgan fingerprint density at radius 3 is 2.46 bits per heavy atom. The van der Waals surface area contributed by atoms with Gasteiger partial charge in [-0.1, -0.05) is 0 Å². The number of nitrogens with one attached hydrogen (secondary N) is 1. The second-order valence-corrected chi connectivity index (χ2v) is 6.33. The standard InChI is InChI=1S/C21H25NO6/c1-4-27-17-10-8-16(9-11-17)22-19(18(14-24)26-3)21(20(25)28-5-2)12-6-7-15(21)13-23/h8-11,19,22H,4-7,12H2,1-3H3. The van der Waals surface area contributed by atoms with Gasteiger partial charge in [-0.3, -0.25) is 4.79 Å². The molecule has 150 valence electrons. The molecule has 28 heavy (non-hydrogen) atoms. The Labute approximate surface area is 164 Å². The van der Waals surface area contributed by atoms with Gasteiger partial charge in [0.2, 0.25) is 5.76 Å². The number of methoxy groups -OCH3 is 1. The summed E-state index contributed by atoms with van der Waals surface area (Å²) in [5.41, 5.74) is -0.489.